The molecular weight excluding hydrogens is 332 g/mol. The smallest absolute Gasteiger partial charge is 0.145 e. The summed E-state index contributed by atoms with van der Waals surface area (Å²) in [6.07, 6.45) is 4.64. The van der Waals surface area contributed by atoms with Crippen molar-refractivity contribution in [1.29, 1.82) is 0 Å². The number of pyridine rings is 2. The van der Waals surface area contributed by atoms with Gasteiger partial charge in [0.1, 0.15) is 11.6 Å². The Kier molecular flexibility index (Phi) is 4.53. The first-order valence-electron chi connectivity index (χ1n) is 8.41. The molecule has 0 saturated heterocycles. The lowest BCUT2D eigenvalue weighted by Gasteiger charge is -2.31. The second-order valence-electron chi connectivity index (χ2n) is 6.11. The third-order valence-electron chi connectivity index (χ3n) is 4.50. The van der Waals surface area contributed by atoms with Crippen LogP contribution < -0.4 is 10.2 Å². The van der Waals surface area contributed by atoms with Crippen molar-refractivity contribution in [3.05, 3.63) is 82.6 Å². The Hall–Kier alpha value is -2.59. The topological polar surface area (TPSA) is 41.1 Å². The van der Waals surface area contributed by atoms with Crippen LogP contribution in [0.4, 0.5) is 11.6 Å². The zero-order valence-corrected chi connectivity index (χ0v) is 14.6. The summed E-state index contributed by atoms with van der Waals surface area (Å²) in [5.41, 5.74) is 3.96. The maximum Gasteiger partial charge on any atom is 0.145 e. The molecule has 0 amide bonds. The van der Waals surface area contributed by atoms with Crippen molar-refractivity contribution in [2.45, 2.75) is 19.5 Å². The van der Waals surface area contributed by atoms with E-state index in [0.717, 1.165) is 30.9 Å². The molecule has 1 aliphatic rings. The molecule has 0 radical (unpaired) electrons. The standard InChI is InChI=1S/C20H19ClN4/c21-18-8-4-10-22-19(18)24-13-16-7-3-11-23-20(16)25-12-9-15-5-1-2-6-17(15)14-25/h1-8,10-11H,9,12-14H2,(H,22,24). The van der Waals surface area contributed by atoms with E-state index in [9.17, 15) is 0 Å². The van der Waals surface area contributed by atoms with E-state index in [2.05, 4.69) is 50.5 Å². The minimum atomic E-state index is 0.625. The number of halogens is 1. The molecule has 0 spiro atoms. The molecule has 0 saturated carbocycles. The number of nitrogens with one attached hydrogen (secondary N) is 1. The molecule has 0 aliphatic carbocycles. The number of hydrogen-bond donors (Lipinski definition) is 1. The van der Waals surface area contributed by atoms with Crippen LogP contribution in [0.5, 0.6) is 0 Å². The SMILES string of the molecule is Clc1cccnc1NCc1cccnc1N1CCc2ccccc2C1. The molecule has 4 rings (SSSR count). The van der Waals surface area contributed by atoms with Crippen molar-refractivity contribution in [2.75, 3.05) is 16.8 Å². The highest BCUT2D eigenvalue weighted by atomic mass is 35.5. The quantitative estimate of drug-likeness (QED) is 0.761. The van der Waals surface area contributed by atoms with Crippen LogP contribution in [-0.2, 0) is 19.5 Å². The van der Waals surface area contributed by atoms with E-state index in [1.54, 1.807) is 6.20 Å². The second-order valence-corrected chi connectivity index (χ2v) is 6.52. The van der Waals surface area contributed by atoms with Crippen LogP contribution in [0.2, 0.25) is 5.02 Å². The van der Waals surface area contributed by atoms with Crippen LogP contribution in [-0.4, -0.2) is 16.5 Å². The van der Waals surface area contributed by atoms with Gasteiger partial charge in [0.15, 0.2) is 0 Å². The van der Waals surface area contributed by atoms with E-state index in [-0.39, 0.29) is 0 Å². The van der Waals surface area contributed by atoms with Gasteiger partial charge in [0.2, 0.25) is 0 Å². The molecule has 0 fully saturated rings. The van der Waals surface area contributed by atoms with Gasteiger partial charge in [-0.05, 0) is 35.7 Å². The summed E-state index contributed by atoms with van der Waals surface area (Å²) in [7, 11) is 0. The molecule has 5 heteroatoms. The highest BCUT2D eigenvalue weighted by Gasteiger charge is 2.19. The number of fused-ring (bicyclic) bond motifs is 1. The number of aromatic nitrogens is 2. The molecule has 4 nitrogen and oxygen atoms in total. The van der Waals surface area contributed by atoms with Gasteiger partial charge in [-0.2, -0.15) is 0 Å². The van der Waals surface area contributed by atoms with Crippen molar-refractivity contribution in [3.8, 4) is 0 Å². The Morgan fingerprint density at radius 3 is 2.64 bits per heavy atom. The fourth-order valence-corrected chi connectivity index (χ4v) is 3.41. The molecule has 126 valence electrons. The second kappa shape index (κ2) is 7.11. The Balaban J connectivity index is 1.55. The van der Waals surface area contributed by atoms with Crippen molar-refractivity contribution in [2.24, 2.45) is 0 Å². The van der Waals surface area contributed by atoms with E-state index in [1.165, 1.54) is 11.1 Å². The van der Waals surface area contributed by atoms with Gasteiger partial charge in [-0.15, -0.1) is 0 Å². The van der Waals surface area contributed by atoms with E-state index in [1.807, 2.05) is 24.4 Å². The van der Waals surface area contributed by atoms with Crippen LogP contribution in [0, 0.1) is 0 Å². The predicted molar refractivity (Wildman–Crippen MR) is 102 cm³/mol. The van der Waals surface area contributed by atoms with Gasteiger partial charge >= 0.3 is 0 Å². The molecule has 1 N–H and O–H groups in total. The van der Waals surface area contributed by atoms with E-state index in [0.29, 0.717) is 17.4 Å². The lowest BCUT2D eigenvalue weighted by Crippen LogP contribution is -2.32. The van der Waals surface area contributed by atoms with Crippen LogP contribution in [0.3, 0.4) is 0 Å². The maximum absolute atomic E-state index is 6.18. The summed E-state index contributed by atoms with van der Waals surface area (Å²) in [5.74, 6) is 1.72. The Morgan fingerprint density at radius 1 is 0.960 bits per heavy atom. The average molecular weight is 351 g/mol. The van der Waals surface area contributed by atoms with Gasteiger partial charge in [-0.1, -0.05) is 41.9 Å². The zero-order chi connectivity index (χ0) is 17.1. The van der Waals surface area contributed by atoms with Crippen LogP contribution >= 0.6 is 11.6 Å². The lowest BCUT2D eigenvalue weighted by atomic mass is 9.99. The first-order chi connectivity index (χ1) is 12.3. The summed E-state index contributed by atoms with van der Waals surface area (Å²) >= 11 is 6.18. The van der Waals surface area contributed by atoms with Crippen LogP contribution in [0.25, 0.3) is 0 Å². The van der Waals surface area contributed by atoms with Crippen LogP contribution in [0.15, 0.2) is 60.9 Å². The Bertz CT molecular complexity index is 881. The fraction of sp³-hybridized carbons (Fsp3) is 0.200. The number of rotatable bonds is 4. The molecule has 2 aromatic heterocycles. The van der Waals surface area contributed by atoms with E-state index < -0.39 is 0 Å². The van der Waals surface area contributed by atoms with Gasteiger partial charge < -0.3 is 10.2 Å². The van der Waals surface area contributed by atoms with E-state index >= 15 is 0 Å². The van der Waals surface area contributed by atoms with Crippen molar-refractivity contribution in [3.63, 3.8) is 0 Å². The van der Waals surface area contributed by atoms with Crippen molar-refractivity contribution in [1.82, 2.24) is 9.97 Å². The first kappa shape index (κ1) is 15.9. The van der Waals surface area contributed by atoms with Gasteiger partial charge in [-0.25, -0.2) is 9.97 Å². The molecule has 0 atom stereocenters. The highest BCUT2D eigenvalue weighted by molar-refractivity contribution is 6.32. The monoisotopic (exact) mass is 350 g/mol. The number of nitrogens with zero attached hydrogens (tertiary/aromatic N) is 3. The Labute approximate surface area is 152 Å². The summed E-state index contributed by atoms with van der Waals surface area (Å²) in [6.45, 7) is 2.51. The van der Waals surface area contributed by atoms with Gasteiger partial charge in [0.05, 0.1) is 5.02 Å². The normalized spacial score (nSPS) is 13.4. The molecule has 1 aromatic carbocycles. The predicted octanol–water partition coefficient (Wildman–Crippen LogP) is 4.30. The minimum absolute atomic E-state index is 0.625. The van der Waals surface area contributed by atoms with E-state index in [4.69, 9.17) is 11.6 Å². The van der Waals surface area contributed by atoms with Crippen molar-refractivity contribution < 1.29 is 0 Å². The third-order valence-corrected chi connectivity index (χ3v) is 4.81. The number of anilines is 2. The number of benzene rings is 1. The van der Waals surface area contributed by atoms with Crippen LogP contribution in [0.1, 0.15) is 16.7 Å². The zero-order valence-electron chi connectivity index (χ0n) is 13.8. The molecular formula is C20H19ClN4. The highest BCUT2D eigenvalue weighted by Crippen LogP contribution is 2.26. The third kappa shape index (κ3) is 3.44. The Morgan fingerprint density at radius 2 is 1.76 bits per heavy atom. The summed E-state index contributed by atoms with van der Waals surface area (Å²) < 4.78 is 0. The summed E-state index contributed by atoms with van der Waals surface area (Å²) in [4.78, 5) is 11.3. The number of hydrogen-bond acceptors (Lipinski definition) is 4. The molecule has 0 bridgehead atoms. The van der Waals surface area contributed by atoms with Crippen molar-refractivity contribution >= 4 is 23.2 Å². The van der Waals surface area contributed by atoms with Gasteiger partial charge in [0.25, 0.3) is 0 Å². The molecule has 25 heavy (non-hydrogen) atoms. The van der Waals surface area contributed by atoms with Gasteiger partial charge in [0, 0.05) is 37.6 Å². The molecule has 3 heterocycles. The lowest BCUT2D eigenvalue weighted by molar-refractivity contribution is 0.716. The average Bonchev–Trinajstić information content (AvgIpc) is 2.67. The van der Waals surface area contributed by atoms with Gasteiger partial charge in [-0.3, -0.25) is 0 Å². The summed E-state index contributed by atoms with van der Waals surface area (Å²) in [6, 6.07) is 16.4. The first-order valence-corrected chi connectivity index (χ1v) is 8.79. The minimum Gasteiger partial charge on any atom is -0.365 e. The molecule has 1 aliphatic heterocycles. The summed E-state index contributed by atoms with van der Waals surface area (Å²) in [5, 5.41) is 3.94. The largest absolute Gasteiger partial charge is 0.365 e. The molecule has 3 aromatic rings. The fourth-order valence-electron chi connectivity index (χ4n) is 3.22. The maximum atomic E-state index is 6.18. The molecule has 0 unspecified atom stereocenters.